The molecule has 0 aliphatic heterocycles. The number of ether oxygens (including phenoxy) is 2. The minimum Gasteiger partial charge on any atom is -0.462 e. The van der Waals surface area contributed by atoms with Crippen molar-refractivity contribution in [1.82, 2.24) is 9.97 Å². The van der Waals surface area contributed by atoms with E-state index in [0.717, 1.165) is 34.1 Å². The molecule has 0 bridgehead atoms. The molecule has 0 aliphatic rings. The zero-order valence-electron chi connectivity index (χ0n) is 24.2. The highest BCUT2D eigenvalue weighted by Gasteiger charge is 2.10. The lowest BCUT2D eigenvalue weighted by molar-refractivity contribution is 0.0515. The van der Waals surface area contributed by atoms with Crippen molar-refractivity contribution >= 4 is 30.4 Å². The number of carbonyl (C=O) groups excluding carboxylic acids is 3. The van der Waals surface area contributed by atoms with Crippen LogP contribution in [-0.4, -0.2) is 41.4 Å². The minimum atomic E-state index is -0.343. The van der Waals surface area contributed by atoms with Crippen LogP contribution in [0, 0.1) is 20.8 Å². The number of aryl methyl sites for hydroxylation is 3. The van der Waals surface area contributed by atoms with Gasteiger partial charge in [-0.15, -0.1) is 0 Å². The number of aromatic nitrogens is 2. The molecular weight excluding hydrogens is 516 g/mol. The molecule has 0 fully saturated rings. The molecule has 7 nitrogen and oxygen atoms in total. The molecule has 0 spiro atoms. The van der Waals surface area contributed by atoms with Gasteiger partial charge in [-0.3, -0.25) is 14.8 Å². The van der Waals surface area contributed by atoms with E-state index in [4.69, 9.17) is 9.47 Å². The van der Waals surface area contributed by atoms with Gasteiger partial charge in [0.05, 0.1) is 24.3 Å². The van der Waals surface area contributed by atoms with Crippen LogP contribution in [0.15, 0.2) is 85.5 Å². The van der Waals surface area contributed by atoms with Crippen LogP contribution in [0.4, 0.5) is 0 Å². The molecule has 4 rings (SSSR count). The van der Waals surface area contributed by atoms with Gasteiger partial charge in [-0.1, -0.05) is 60.7 Å². The molecule has 41 heavy (non-hydrogen) atoms. The van der Waals surface area contributed by atoms with Gasteiger partial charge in [0.15, 0.2) is 0 Å². The monoisotopic (exact) mass is 552 g/mol. The van der Waals surface area contributed by atoms with Gasteiger partial charge in [-0.25, -0.2) is 9.59 Å². The average Bonchev–Trinajstić information content (AvgIpc) is 2.98. The quantitative estimate of drug-likeness (QED) is 0.178. The van der Waals surface area contributed by atoms with Crippen LogP contribution in [0.5, 0.6) is 0 Å². The molecular formula is C34H36N2O5. The van der Waals surface area contributed by atoms with Gasteiger partial charge in [0.25, 0.3) is 0 Å². The maximum atomic E-state index is 11.8. The first kappa shape index (κ1) is 32.3. The Morgan fingerprint density at radius 2 is 1.12 bits per heavy atom. The Morgan fingerprint density at radius 1 is 0.634 bits per heavy atom. The van der Waals surface area contributed by atoms with Gasteiger partial charge >= 0.3 is 11.9 Å². The summed E-state index contributed by atoms with van der Waals surface area (Å²) in [6, 6.07) is 19.2. The highest BCUT2D eigenvalue weighted by molar-refractivity contribution is 5.94. The van der Waals surface area contributed by atoms with E-state index in [1.165, 1.54) is 18.0 Å². The largest absolute Gasteiger partial charge is 0.462 e. The second kappa shape index (κ2) is 17.6. The van der Waals surface area contributed by atoms with Gasteiger partial charge in [-0.2, -0.15) is 0 Å². The Morgan fingerprint density at radius 3 is 1.63 bits per heavy atom. The van der Waals surface area contributed by atoms with Crippen LogP contribution in [0.2, 0.25) is 0 Å². The zero-order valence-corrected chi connectivity index (χ0v) is 24.2. The van der Waals surface area contributed by atoms with Crippen LogP contribution in [0.25, 0.3) is 12.2 Å². The number of hydrogen-bond acceptors (Lipinski definition) is 7. The van der Waals surface area contributed by atoms with Crippen molar-refractivity contribution in [1.29, 1.82) is 0 Å². The van der Waals surface area contributed by atoms with Crippen LogP contribution < -0.4 is 0 Å². The maximum Gasteiger partial charge on any atom is 0.340 e. The topological polar surface area (TPSA) is 95.5 Å². The van der Waals surface area contributed by atoms with E-state index in [9.17, 15) is 14.4 Å². The molecule has 0 saturated carbocycles. The summed E-state index contributed by atoms with van der Waals surface area (Å²) in [5.41, 5.74) is 6.85. The Balaban J connectivity index is 0.000000237. The molecule has 0 N–H and O–H groups in total. The van der Waals surface area contributed by atoms with Crippen LogP contribution >= 0.6 is 0 Å². The third kappa shape index (κ3) is 10.6. The molecule has 0 aliphatic carbocycles. The molecule has 7 heteroatoms. The van der Waals surface area contributed by atoms with Gasteiger partial charge in [-0.05, 0) is 74.6 Å². The number of pyridine rings is 2. The third-order valence-electron chi connectivity index (χ3n) is 5.83. The predicted molar refractivity (Wildman–Crippen MR) is 162 cm³/mol. The summed E-state index contributed by atoms with van der Waals surface area (Å²) in [6.45, 7) is 10.2. The third-order valence-corrected chi connectivity index (χ3v) is 5.83. The van der Waals surface area contributed by atoms with E-state index < -0.39 is 0 Å². The summed E-state index contributed by atoms with van der Waals surface area (Å²) < 4.78 is 9.86. The van der Waals surface area contributed by atoms with Crippen LogP contribution in [-0.2, 0) is 9.47 Å². The second-order valence-electron chi connectivity index (χ2n) is 8.76. The highest BCUT2D eigenvalue weighted by atomic mass is 16.5. The molecule has 0 saturated heterocycles. The van der Waals surface area contributed by atoms with Crippen molar-refractivity contribution in [2.45, 2.75) is 34.6 Å². The molecule has 0 radical (unpaired) electrons. The number of esters is 2. The normalized spacial score (nSPS) is 9.98. The number of nitrogens with zero attached hydrogens (tertiary/aromatic N) is 2. The smallest absolute Gasteiger partial charge is 0.340 e. The number of hydrogen-bond donors (Lipinski definition) is 0. The summed E-state index contributed by atoms with van der Waals surface area (Å²) in [4.78, 5) is 41.1. The Hall–Kier alpha value is -4.91. The van der Waals surface area contributed by atoms with Crippen molar-refractivity contribution in [2.75, 3.05) is 13.2 Å². The lowest BCUT2D eigenvalue weighted by Gasteiger charge is -2.05. The van der Waals surface area contributed by atoms with Gasteiger partial charge in [0, 0.05) is 30.4 Å². The standard InChI is InChI=1S/C17H17NO2.C9H11NO2.C8H8O/c1-3-20-17(19)16-12-18-11-10-15(16)9-8-14-7-5-4-6-13(14)2;1-3-12-9(11)8-6-10-5-4-7(8)2;1-7-4-2-3-5-8(7)6-9/h4-12H,3H2,1-2H3;4-6H,3H2,1-2H3;2-6H,1H3/b9-8+;;. The van der Waals surface area contributed by atoms with Crippen molar-refractivity contribution in [3.05, 3.63) is 130 Å². The fourth-order valence-electron chi connectivity index (χ4n) is 3.49. The summed E-state index contributed by atoms with van der Waals surface area (Å²) in [5.74, 6) is -0.645. The molecule has 4 aromatic rings. The summed E-state index contributed by atoms with van der Waals surface area (Å²) in [5, 5.41) is 0. The van der Waals surface area contributed by atoms with Crippen molar-refractivity contribution in [2.24, 2.45) is 0 Å². The number of aldehydes is 1. The average molecular weight is 553 g/mol. The molecule has 212 valence electrons. The Bertz CT molecular complexity index is 1460. The summed E-state index contributed by atoms with van der Waals surface area (Å²) in [6.07, 6.45) is 11.2. The van der Waals surface area contributed by atoms with E-state index >= 15 is 0 Å². The zero-order chi connectivity index (χ0) is 30.0. The molecule has 2 heterocycles. The number of rotatable bonds is 7. The summed E-state index contributed by atoms with van der Waals surface area (Å²) in [7, 11) is 0. The minimum absolute atomic E-state index is 0.303. The fraction of sp³-hybridized carbons (Fsp3) is 0.206. The van der Waals surface area contributed by atoms with Gasteiger partial charge in [0.1, 0.15) is 6.29 Å². The number of benzene rings is 2. The fourth-order valence-corrected chi connectivity index (χ4v) is 3.49. The van der Waals surface area contributed by atoms with E-state index in [1.807, 2.05) is 68.5 Å². The Labute approximate surface area is 241 Å². The van der Waals surface area contributed by atoms with Gasteiger partial charge in [0.2, 0.25) is 0 Å². The highest BCUT2D eigenvalue weighted by Crippen LogP contribution is 2.15. The SMILES string of the molecule is CCOC(=O)c1cnccc1/C=C/c1ccccc1C.CCOC(=O)c1cnccc1C.Cc1ccccc1C=O. The van der Waals surface area contributed by atoms with E-state index in [0.29, 0.717) is 24.3 Å². The van der Waals surface area contributed by atoms with E-state index in [2.05, 4.69) is 23.0 Å². The molecule has 2 aromatic heterocycles. The van der Waals surface area contributed by atoms with Crippen molar-refractivity contribution < 1.29 is 23.9 Å². The van der Waals surface area contributed by atoms with Crippen molar-refractivity contribution in [3.8, 4) is 0 Å². The van der Waals surface area contributed by atoms with Crippen LogP contribution in [0.3, 0.4) is 0 Å². The maximum absolute atomic E-state index is 11.8. The first-order chi connectivity index (χ1) is 19.8. The second-order valence-corrected chi connectivity index (χ2v) is 8.76. The lowest BCUT2D eigenvalue weighted by atomic mass is 10.1. The predicted octanol–water partition coefficient (Wildman–Crippen LogP) is 7.11. The number of carbonyl (C=O) groups is 3. The lowest BCUT2D eigenvalue weighted by Crippen LogP contribution is -2.06. The van der Waals surface area contributed by atoms with E-state index in [-0.39, 0.29) is 11.9 Å². The molecule has 2 aromatic carbocycles. The molecule has 0 amide bonds. The van der Waals surface area contributed by atoms with E-state index in [1.54, 1.807) is 38.4 Å². The first-order valence-electron chi connectivity index (χ1n) is 13.3. The van der Waals surface area contributed by atoms with Gasteiger partial charge < -0.3 is 9.47 Å². The summed E-state index contributed by atoms with van der Waals surface area (Å²) >= 11 is 0. The van der Waals surface area contributed by atoms with Crippen LogP contribution in [0.1, 0.15) is 72.7 Å². The molecule has 0 unspecified atom stereocenters. The molecule has 0 atom stereocenters. The Kier molecular flexibility index (Phi) is 13.9. The van der Waals surface area contributed by atoms with Crippen molar-refractivity contribution in [3.63, 3.8) is 0 Å². The first-order valence-corrected chi connectivity index (χ1v) is 13.3.